The topological polar surface area (TPSA) is 32.5 Å². The molecule has 13 heteroatoms. The van der Waals surface area contributed by atoms with E-state index in [9.17, 15) is 0 Å². The Kier molecular flexibility index (Phi) is 14.6. The molecule has 3 nitrogen and oxygen atoms in total. The van der Waals surface area contributed by atoms with E-state index >= 15 is 30.7 Å². The summed E-state index contributed by atoms with van der Waals surface area (Å²) in [5.74, 6) is -14.0. The van der Waals surface area contributed by atoms with Crippen molar-refractivity contribution < 1.29 is 30.7 Å². The predicted octanol–water partition coefficient (Wildman–Crippen LogP) is 14.3. The van der Waals surface area contributed by atoms with Crippen molar-refractivity contribution in [3.8, 4) is 11.1 Å². The Bertz CT molecular complexity index is 2160. The SMILES string of the molecule is C=C1CC(Sc2ccc(Sc3ccc(S)cc3)cc2N)C(=C)N1c1cc(F)c(-c2c(F)c(F)c(N3C(=C)CC(C(C)C)C3=C)c(F)c2F)c(F)c1F.CC.CC. The van der Waals surface area contributed by atoms with Crippen LogP contribution in [-0.2, 0) is 0 Å². The van der Waals surface area contributed by atoms with Crippen LogP contribution in [0.1, 0.15) is 54.4 Å². The van der Waals surface area contributed by atoms with Crippen LogP contribution in [-0.4, -0.2) is 5.25 Å². The van der Waals surface area contributed by atoms with Gasteiger partial charge in [-0.2, -0.15) is 0 Å². The highest BCUT2D eigenvalue weighted by Crippen LogP contribution is 2.49. The Hall–Kier alpha value is -4.20. The molecule has 0 aliphatic carbocycles. The van der Waals surface area contributed by atoms with E-state index in [-0.39, 0.29) is 47.5 Å². The van der Waals surface area contributed by atoms with Crippen LogP contribution < -0.4 is 15.5 Å². The van der Waals surface area contributed by atoms with E-state index in [0.717, 1.165) is 24.5 Å². The van der Waals surface area contributed by atoms with Gasteiger partial charge in [0.15, 0.2) is 34.9 Å². The summed E-state index contributed by atoms with van der Waals surface area (Å²) in [4.78, 5) is 5.33. The monoisotopic (exact) mass is 831 g/mol. The number of nitrogens with two attached hydrogens (primary N) is 1. The van der Waals surface area contributed by atoms with Gasteiger partial charge in [-0.3, -0.25) is 0 Å². The maximum Gasteiger partial charge on any atom is 0.186 e. The summed E-state index contributed by atoms with van der Waals surface area (Å²) in [5, 5.41) is -0.488. The number of rotatable bonds is 8. The van der Waals surface area contributed by atoms with Crippen molar-refractivity contribution in [2.75, 3.05) is 15.5 Å². The molecule has 0 bridgehead atoms. The molecule has 2 saturated heterocycles. The summed E-state index contributed by atoms with van der Waals surface area (Å²) in [6, 6.07) is 13.6. The summed E-state index contributed by atoms with van der Waals surface area (Å²) >= 11 is 7.08. The van der Waals surface area contributed by atoms with Crippen LogP contribution in [0.2, 0.25) is 0 Å². The van der Waals surface area contributed by atoms with Crippen LogP contribution in [0.3, 0.4) is 0 Å². The molecule has 56 heavy (non-hydrogen) atoms. The molecule has 2 atom stereocenters. The van der Waals surface area contributed by atoms with E-state index in [2.05, 4.69) is 38.9 Å². The zero-order valence-electron chi connectivity index (χ0n) is 32.0. The minimum absolute atomic E-state index is 0.0488. The molecule has 0 aromatic heterocycles. The zero-order valence-corrected chi connectivity index (χ0v) is 34.5. The van der Waals surface area contributed by atoms with Gasteiger partial charge >= 0.3 is 0 Å². The Morgan fingerprint density at radius 2 is 1.21 bits per heavy atom. The van der Waals surface area contributed by atoms with Crippen LogP contribution in [0.4, 0.5) is 47.8 Å². The first kappa shape index (κ1) is 44.5. The smallest absolute Gasteiger partial charge is 0.186 e. The molecule has 298 valence electrons. The van der Waals surface area contributed by atoms with Crippen LogP contribution >= 0.6 is 36.2 Å². The van der Waals surface area contributed by atoms with Gasteiger partial charge in [0.25, 0.3) is 0 Å². The maximum atomic E-state index is 15.8. The van der Waals surface area contributed by atoms with E-state index in [1.807, 2.05) is 77.9 Å². The van der Waals surface area contributed by atoms with Gasteiger partial charge in [0, 0.05) is 66.5 Å². The molecule has 6 rings (SSSR count). The van der Waals surface area contributed by atoms with Crippen molar-refractivity contribution in [2.24, 2.45) is 11.8 Å². The molecule has 2 aliphatic rings. The number of nitrogens with zero attached hydrogens (tertiary/aromatic N) is 2. The molecule has 2 unspecified atom stereocenters. The van der Waals surface area contributed by atoms with Crippen LogP contribution in [0, 0.1) is 52.6 Å². The Labute approximate surface area is 338 Å². The first-order valence-corrected chi connectivity index (χ1v) is 20.1. The van der Waals surface area contributed by atoms with Crippen LogP contribution in [0.5, 0.6) is 0 Å². The first-order chi connectivity index (χ1) is 26.5. The van der Waals surface area contributed by atoms with Gasteiger partial charge in [0.05, 0.1) is 22.1 Å². The van der Waals surface area contributed by atoms with Crippen molar-refractivity contribution in [3.05, 3.63) is 138 Å². The third-order valence-corrected chi connectivity index (χ3v) is 11.7. The van der Waals surface area contributed by atoms with Gasteiger partial charge in [0.2, 0.25) is 0 Å². The summed E-state index contributed by atoms with van der Waals surface area (Å²) in [6.45, 7) is 27.2. The molecule has 2 aliphatic heterocycles. The van der Waals surface area contributed by atoms with Crippen molar-refractivity contribution >= 4 is 53.2 Å². The minimum atomic E-state index is -2.11. The summed E-state index contributed by atoms with van der Waals surface area (Å²) < 4.78 is 110. The first-order valence-electron chi connectivity index (χ1n) is 17.9. The van der Waals surface area contributed by atoms with Gasteiger partial charge in [-0.25, -0.2) is 30.7 Å². The lowest BCUT2D eigenvalue weighted by Crippen LogP contribution is -2.22. The number of nitrogen functional groups attached to an aromatic ring is 1. The van der Waals surface area contributed by atoms with Crippen molar-refractivity contribution in [2.45, 2.75) is 79.2 Å². The van der Waals surface area contributed by atoms with Crippen LogP contribution in [0.25, 0.3) is 11.1 Å². The molecular weight excluding hydrogens is 788 g/mol. The highest BCUT2D eigenvalue weighted by atomic mass is 32.2. The fraction of sp³-hybridized carbons (Fsp3) is 0.256. The molecule has 0 amide bonds. The normalized spacial score (nSPS) is 16.7. The van der Waals surface area contributed by atoms with Gasteiger partial charge < -0.3 is 15.5 Å². The number of thiol groups is 1. The van der Waals surface area contributed by atoms with Crippen LogP contribution in [0.15, 0.2) is 117 Å². The van der Waals surface area contributed by atoms with Gasteiger partial charge in [-0.05, 0) is 54.8 Å². The Morgan fingerprint density at radius 3 is 1.75 bits per heavy atom. The van der Waals surface area contributed by atoms with Crippen molar-refractivity contribution in [1.82, 2.24) is 0 Å². The zero-order chi connectivity index (χ0) is 41.9. The average molecular weight is 832 g/mol. The Balaban J connectivity index is 0.00000169. The quantitative estimate of drug-likeness (QED) is 0.0800. The van der Waals surface area contributed by atoms with Gasteiger partial charge in [0.1, 0.15) is 11.5 Å². The molecule has 4 aromatic carbocycles. The summed E-state index contributed by atoms with van der Waals surface area (Å²) in [6.07, 6.45) is 0.403. The molecule has 2 fully saturated rings. The fourth-order valence-corrected chi connectivity index (χ4v) is 8.65. The summed E-state index contributed by atoms with van der Waals surface area (Å²) in [5.41, 5.74) is 2.30. The number of hydrogen-bond acceptors (Lipinski definition) is 6. The number of halogens is 7. The molecule has 0 saturated carbocycles. The lowest BCUT2D eigenvalue weighted by Gasteiger charge is -2.26. The lowest BCUT2D eigenvalue weighted by atomic mass is 9.92. The van der Waals surface area contributed by atoms with Crippen molar-refractivity contribution in [1.29, 1.82) is 0 Å². The van der Waals surface area contributed by atoms with E-state index in [4.69, 9.17) is 5.73 Å². The molecule has 0 radical (unpaired) electrons. The molecule has 4 aromatic rings. The van der Waals surface area contributed by atoms with Gasteiger partial charge in [-0.1, -0.05) is 79.6 Å². The van der Waals surface area contributed by atoms with E-state index in [1.165, 1.54) is 23.5 Å². The number of hydrogen-bond donors (Lipinski definition) is 2. The number of benzene rings is 4. The largest absolute Gasteiger partial charge is 0.398 e. The van der Waals surface area contributed by atoms with Crippen molar-refractivity contribution in [3.63, 3.8) is 0 Å². The number of anilines is 3. The fourth-order valence-electron chi connectivity index (χ4n) is 6.47. The highest BCUT2D eigenvalue weighted by Gasteiger charge is 2.41. The average Bonchev–Trinajstić information content (AvgIpc) is 3.62. The predicted molar refractivity (Wildman–Crippen MR) is 222 cm³/mol. The minimum Gasteiger partial charge on any atom is -0.398 e. The third-order valence-electron chi connectivity index (χ3n) is 9.10. The van der Waals surface area contributed by atoms with E-state index in [1.54, 1.807) is 6.07 Å². The number of thioether (sulfide) groups is 1. The standard InChI is InChI=1S/C39H32F7N3S3.2C2H6/c1-17(2)25-13-18(3)49(20(25)5)39-37(45)35(43)32(36(44)38(39)46)31-26(40)16-28(33(41)34(31)42)48-19(4)14-30(21(48)6)52-29-12-11-24(15-27(29)47)51-23-9-7-22(50)8-10-23;2*1-2/h7-12,15-17,25,30,50H,3-6,13-14,47H2,1-2H3;2*1-2H3. The second-order valence-corrected chi connectivity index (χ2v) is 15.7. The van der Waals surface area contributed by atoms with Gasteiger partial charge in [-0.15, -0.1) is 24.4 Å². The molecule has 2 heterocycles. The maximum absolute atomic E-state index is 15.8. The lowest BCUT2D eigenvalue weighted by molar-refractivity contribution is 0.451. The second kappa shape index (κ2) is 18.4. The second-order valence-electron chi connectivity index (χ2n) is 12.8. The highest BCUT2D eigenvalue weighted by molar-refractivity contribution is 8.00. The summed E-state index contributed by atoms with van der Waals surface area (Å²) in [7, 11) is 0. The third kappa shape index (κ3) is 8.40. The molecule has 2 N–H and O–H groups in total. The molecule has 0 spiro atoms. The number of allylic oxidation sites excluding steroid dienone is 3. The molecular formula is C43H44F7N3S3. The van der Waals surface area contributed by atoms with E-state index < -0.39 is 68.5 Å². The Morgan fingerprint density at radius 1 is 0.679 bits per heavy atom. The van der Waals surface area contributed by atoms with E-state index in [0.29, 0.717) is 16.6 Å².